The van der Waals surface area contributed by atoms with Gasteiger partial charge in [0.2, 0.25) is 5.91 Å². The third-order valence-electron chi connectivity index (χ3n) is 4.62. The monoisotopic (exact) mass is 318 g/mol. The third kappa shape index (κ3) is 4.79. The number of hydrogen-bond acceptors (Lipinski definition) is 4. The van der Waals surface area contributed by atoms with Crippen molar-refractivity contribution >= 4 is 17.6 Å². The number of piperidine rings is 1. The molecule has 0 radical (unpaired) electrons. The van der Waals surface area contributed by atoms with Gasteiger partial charge in [-0.05, 0) is 62.4 Å². The van der Waals surface area contributed by atoms with Crippen molar-refractivity contribution in [2.75, 3.05) is 25.5 Å². The lowest BCUT2D eigenvalue weighted by molar-refractivity contribution is -0.117. The molecule has 1 aromatic rings. The Morgan fingerprint density at radius 2 is 2.04 bits per heavy atom. The zero-order chi connectivity index (χ0) is 16.8. The molecule has 0 aliphatic carbocycles. The second kappa shape index (κ2) is 8.11. The van der Waals surface area contributed by atoms with Crippen LogP contribution in [-0.2, 0) is 9.53 Å². The fraction of sp³-hybridized carbons (Fsp3) is 0.556. The van der Waals surface area contributed by atoms with Gasteiger partial charge in [0.15, 0.2) is 0 Å². The highest BCUT2D eigenvalue weighted by Gasteiger charge is 2.22. The summed E-state index contributed by atoms with van der Waals surface area (Å²) in [5.41, 5.74) is 1.95. The Hall–Kier alpha value is -1.88. The normalized spacial score (nSPS) is 16.7. The lowest BCUT2D eigenvalue weighted by Gasteiger charge is -2.27. The minimum absolute atomic E-state index is 0.00398. The number of rotatable bonds is 5. The Kier molecular flexibility index (Phi) is 6.16. The Morgan fingerprint density at radius 3 is 2.70 bits per heavy atom. The number of esters is 1. The molecule has 0 saturated carbocycles. The Bertz CT molecular complexity index is 565. The SMILES string of the molecule is COC(=O)c1cc(NC(=O)CC(C)C2CCNCC2)ccc1C. The van der Waals surface area contributed by atoms with E-state index < -0.39 is 0 Å². The topological polar surface area (TPSA) is 67.4 Å². The fourth-order valence-corrected chi connectivity index (χ4v) is 3.11. The summed E-state index contributed by atoms with van der Waals surface area (Å²) in [7, 11) is 1.35. The molecule has 126 valence electrons. The number of aryl methyl sites for hydroxylation is 1. The van der Waals surface area contributed by atoms with Crippen molar-refractivity contribution in [1.29, 1.82) is 0 Å². The van der Waals surface area contributed by atoms with Crippen LogP contribution in [0.2, 0.25) is 0 Å². The molecule has 2 rings (SSSR count). The summed E-state index contributed by atoms with van der Waals surface area (Å²) in [5, 5.41) is 6.24. The zero-order valence-electron chi connectivity index (χ0n) is 14.1. The summed E-state index contributed by atoms with van der Waals surface area (Å²) in [6, 6.07) is 5.31. The van der Waals surface area contributed by atoms with Crippen molar-refractivity contribution in [3.63, 3.8) is 0 Å². The van der Waals surface area contributed by atoms with Crippen LogP contribution in [-0.4, -0.2) is 32.1 Å². The predicted octanol–water partition coefficient (Wildman–Crippen LogP) is 2.75. The maximum absolute atomic E-state index is 12.3. The van der Waals surface area contributed by atoms with Gasteiger partial charge in [-0.25, -0.2) is 4.79 Å². The molecule has 1 aromatic carbocycles. The summed E-state index contributed by atoms with van der Waals surface area (Å²) in [5.74, 6) is 0.575. The molecular formula is C18H26N2O3. The number of nitrogens with one attached hydrogen (secondary N) is 2. The second-order valence-electron chi connectivity index (χ2n) is 6.34. The molecule has 0 spiro atoms. The lowest BCUT2D eigenvalue weighted by Crippen LogP contribution is -2.32. The molecule has 2 N–H and O–H groups in total. The van der Waals surface area contributed by atoms with Gasteiger partial charge in [0.1, 0.15) is 0 Å². The van der Waals surface area contributed by atoms with Gasteiger partial charge in [0.05, 0.1) is 12.7 Å². The zero-order valence-corrected chi connectivity index (χ0v) is 14.1. The highest BCUT2D eigenvalue weighted by atomic mass is 16.5. The average Bonchev–Trinajstić information content (AvgIpc) is 2.56. The third-order valence-corrected chi connectivity index (χ3v) is 4.62. The quantitative estimate of drug-likeness (QED) is 0.819. The molecule has 1 aliphatic heterocycles. The second-order valence-corrected chi connectivity index (χ2v) is 6.34. The maximum atomic E-state index is 12.3. The molecule has 1 atom stereocenters. The first-order valence-corrected chi connectivity index (χ1v) is 8.20. The molecule has 1 saturated heterocycles. The smallest absolute Gasteiger partial charge is 0.338 e. The molecule has 0 aromatic heterocycles. The number of anilines is 1. The van der Waals surface area contributed by atoms with E-state index in [2.05, 4.69) is 17.6 Å². The van der Waals surface area contributed by atoms with Gasteiger partial charge in [0, 0.05) is 12.1 Å². The van der Waals surface area contributed by atoms with Crippen LogP contribution >= 0.6 is 0 Å². The van der Waals surface area contributed by atoms with Gasteiger partial charge in [-0.3, -0.25) is 4.79 Å². The van der Waals surface area contributed by atoms with E-state index in [1.807, 2.05) is 19.1 Å². The van der Waals surface area contributed by atoms with Gasteiger partial charge in [-0.2, -0.15) is 0 Å². The Labute approximate surface area is 137 Å². The number of ether oxygens (including phenoxy) is 1. The molecule has 1 unspecified atom stereocenters. The number of amides is 1. The van der Waals surface area contributed by atoms with E-state index in [0.29, 0.717) is 29.5 Å². The van der Waals surface area contributed by atoms with Gasteiger partial charge >= 0.3 is 5.97 Å². The maximum Gasteiger partial charge on any atom is 0.338 e. The number of benzene rings is 1. The first-order chi connectivity index (χ1) is 11.0. The number of hydrogen-bond donors (Lipinski definition) is 2. The molecule has 5 heteroatoms. The Morgan fingerprint density at radius 1 is 1.35 bits per heavy atom. The average molecular weight is 318 g/mol. The minimum atomic E-state index is -0.387. The molecule has 23 heavy (non-hydrogen) atoms. The summed E-state index contributed by atoms with van der Waals surface area (Å²) < 4.78 is 4.76. The molecule has 0 bridgehead atoms. The van der Waals surface area contributed by atoms with E-state index in [9.17, 15) is 9.59 Å². The van der Waals surface area contributed by atoms with Crippen LogP contribution in [0.5, 0.6) is 0 Å². The van der Waals surface area contributed by atoms with Crippen molar-refractivity contribution in [2.45, 2.75) is 33.1 Å². The van der Waals surface area contributed by atoms with Crippen molar-refractivity contribution < 1.29 is 14.3 Å². The predicted molar refractivity (Wildman–Crippen MR) is 90.5 cm³/mol. The van der Waals surface area contributed by atoms with Crippen molar-refractivity contribution in [3.8, 4) is 0 Å². The lowest BCUT2D eigenvalue weighted by atomic mass is 9.84. The molecule has 1 fully saturated rings. The number of methoxy groups -OCH3 is 1. The summed E-state index contributed by atoms with van der Waals surface area (Å²) in [6.45, 7) is 6.07. The first-order valence-electron chi connectivity index (χ1n) is 8.20. The van der Waals surface area contributed by atoms with E-state index in [0.717, 1.165) is 31.5 Å². The summed E-state index contributed by atoms with van der Waals surface area (Å²) in [4.78, 5) is 24.0. The van der Waals surface area contributed by atoms with Gasteiger partial charge in [-0.15, -0.1) is 0 Å². The highest BCUT2D eigenvalue weighted by Crippen LogP contribution is 2.25. The van der Waals surface area contributed by atoms with E-state index >= 15 is 0 Å². The van der Waals surface area contributed by atoms with E-state index in [1.54, 1.807) is 6.07 Å². The highest BCUT2D eigenvalue weighted by molar-refractivity contribution is 5.95. The molecule has 1 aliphatic rings. The van der Waals surface area contributed by atoms with Crippen LogP contribution in [0.3, 0.4) is 0 Å². The van der Waals surface area contributed by atoms with Gasteiger partial charge < -0.3 is 15.4 Å². The van der Waals surface area contributed by atoms with Crippen LogP contribution in [0.25, 0.3) is 0 Å². The first kappa shape index (κ1) is 17.5. The number of carbonyl (C=O) groups is 2. The van der Waals surface area contributed by atoms with Crippen molar-refractivity contribution in [2.24, 2.45) is 11.8 Å². The van der Waals surface area contributed by atoms with E-state index in [1.165, 1.54) is 7.11 Å². The van der Waals surface area contributed by atoms with Crippen LogP contribution in [0.4, 0.5) is 5.69 Å². The minimum Gasteiger partial charge on any atom is -0.465 e. The van der Waals surface area contributed by atoms with Crippen LogP contribution < -0.4 is 10.6 Å². The van der Waals surface area contributed by atoms with Crippen molar-refractivity contribution in [1.82, 2.24) is 5.32 Å². The summed E-state index contributed by atoms with van der Waals surface area (Å²) >= 11 is 0. The standard InChI is InChI=1S/C18H26N2O3/c1-12-4-5-15(11-16(12)18(22)23-3)20-17(21)10-13(2)14-6-8-19-9-7-14/h4-5,11,13-14,19H,6-10H2,1-3H3,(H,20,21). The summed E-state index contributed by atoms with van der Waals surface area (Å²) in [6.07, 6.45) is 2.77. The molecule has 1 amide bonds. The van der Waals surface area contributed by atoms with Crippen LogP contribution in [0, 0.1) is 18.8 Å². The van der Waals surface area contributed by atoms with Crippen molar-refractivity contribution in [3.05, 3.63) is 29.3 Å². The fourth-order valence-electron chi connectivity index (χ4n) is 3.11. The Balaban J connectivity index is 1.95. The van der Waals surface area contributed by atoms with E-state index in [-0.39, 0.29) is 11.9 Å². The molecule has 5 nitrogen and oxygen atoms in total. The van der Waals surface area contributed by atoms with Crippen LogP contribution in [0.1, 0.15) is 42.1 Å². The van der Waals surface area contributed by atoms with Gasteiger partial charge in [-0.1, -0.05) is 13.0 Å². The number of carbonyl (C=O) groups excluding carboxylic acids is 2. The largest absolute Gasteiger partial charge is 0.465 e. The molecular weight excluding hydrogens is 292 g/mol. The molecule has 1 heterocycles. The van der Waals surface area contributed by atoms with Gasteiger partial charge in [0.25, 0.3) is 0 Å². The van der Waals surface area contributed by atoms with Crippen LogP contribution in [0.15, 0.2) is 18.2 Å². The van der Waals surface area contributed by atoms with E-state index in [4.69, 9.17) is 4.74 Å².